The Kier molecular flexibility index (Phi) is 7.54. The van der Waals surface area contributed by atoms with E-state index in [1.54, 1.807) is 47.8 Å². The summed E-state index contributed by atoms with van der Waals surface area (Å²) in [6.07, 6.45) is 6.24. The number of carbonyl (C=O) groups excluding carboxylic acids is 1. The first kappa shape index (κ1) is 26.6. The Morgan fingerprint density at radius 2 is 1.62 bits per heavy atom. The highest BCUT2D eigenvalue weighted by Crippen LogP contribution is 2.30. The van der Waals surface area contributed by atoms with Crippen LogP contribution in [0.2, 0.25) is 0 Å². The first-order chi connectivity index (χ1) is 20.5. The van der Waals surface area contributed by atoms with Gasteiger partial charge in [0.05, 0.1) is 12.2 Å². The second-order valence-electron chi connectivity index (χ2n) is 9.85. The summed E-state index contributed by atoms with van der Waals surface area (Å²) in [6, 6.07) is 22.9. The molecule has 6 rings (SSSR count). The van der Waals surface area contributed by atoms with Gasteiger partial charge in [-0.25, -0.2) is 14.8 Å². The van der Waals surface area contributed by atoms with Crippen LogP contribution in [0.3, 0.4) is 0 Å². The molecule has 1 fully saturated rings. The van der Waals surface area contributed by atoms with E-state index in [1.165, 1.54) is 4.90 Å². The Balaban J connectivity index is 1.20. The summed E-state index contributed by atoms with van der Waals surface area (Å²) in [6.45, 7) is 1.97. The minimum atomic E-state index is -0.960. The quantitative estimate of drug-likeness (QED) is 0.295. The third kappa shape index (κ3) is 5.94. The molecule has 0 bridgehead atoms. The zero-order valence-electron chi connectivity index (χ0n) is 22.7. The smallest absolute Gasteiger partial charge is 0.407 e. The van der Waals surface area contributed by atoms with Gasteiger partial charge in [0.15, 0.2) is 0 Å². The van der Waals surface area contributed by atoms with Gasteiger partial charge in [0.2, 0.25) is 5.95 Å². The molecule has 0 unspecified atom stereocenters. The summed E-state index contributed by atoms with van der Waals surface area (Å²) < 4.78 is 1.90. The minimum Gasteiger partial charge on any atom is -0.465 e. The fourth-order valence-electron chi connectivity index (χ4n) is 4.85. The molecule has 1 aliphatic rings. The summed E-state index contributed by atoms with van der Waals surface area (Å²) in [5.74, 6) is 0.282. The van der Waals surface area contributed by atoms with Crippen LogP contribution in [-0.2, 0) is 6.54 Å². The van der Waals surface area contributed by atoms with Gasteiger partial charge in [0.1, 0.15) is 5.69 Å². The number of carboxylic acid groups (broad SMARTS) is 1. The zero-order valence-corrected chi connectivity index (χ0v) is 22.7. The van der Waals surface area contributed by atoms with Crippen molar-refractivity contribution in [3.8, 4) is 22.5 Å². The molecule has 1 aliphatic heterocycles. The molecule has 210 valence electrons. The second kappa shape index (κ2) is 11.9. The van der Waals surface area contributed by atoms with E-state index in [-0.39, 0.29) is 5.91 Å². The van der Waals surface area contributed by atoms with Crippen molar-refractivity contribution >= 4 is 23.6 Å². The topological polar surface area (TPSA) is 129 Å². The largest absolute Gasteiger partial charge is 0.465 e. The number of hydrogen-bond donors (Lipinski definition) is 2. The molecule has 0 aliphatic carbocycles. The van der Waals surface area contributed by atoms with Crippen molar-refractivity contribution < 1.29 is 14.7 Å². The SMILES string of the molecule is O=C(O)N1CCN(C(=O)c2ccc(Nc3nccc(-c4cn(Cc5ccccc5)nc4-c4cccnc4)n3)cc2)CC1. The molecule has 0 spiro atoms. The summed E-state index contributed by atoms with van der Waals surface area (Å²) in [7, 11) is 0. The van der Waals surface area contributed by atoms with Crippen molar-refractivity contribution in [1.29, 1.82) is 0 Å². The van der Waals surface area contributed by atoms with E-state index in [4.69, 9.17) is 15.2 Å². The van der Waals surface area contributed by atoms with Crippen LogP contribution in [0.1, 0.15) is 15.9 Å². The van der Waals surface area contributed by atoms with Crippen LogP contribution in [0.25, 0.3) is 22.5 Å². The maximum absolute atomic E-state index is 12.9. The number of benzene rings is 2. The number of amides is 2. The number of hydrogen-bond acceptors (Lipinski definition) is 7. The first-order valence-corrected chi connectivity index (χ1v) is 13.5. The molecule has 11 heteroatoms. The van der Waals surface area contributed by atoms with Gasteiger partial charge in [-0.2, -0.15) is 5.10 Å². The molecule has 2 N–H and O–H groups in total. The summed E-state index contributed by atoms with van der Waals surface area (Å²) >= 11 is 0. The molecular formula is C31H28N8O3. The van der Waals surface area contributed by atoms with Crippen molar-refractivity contribution in [2.24, 2.45) is 0 Å². The number of aromatic nitrogens is 5. The van der Waals surface area contributed by atoms with E-state index < -0.39 is 6.09 Å². The molecule has 0 saturated carbocycles. The zero-order chi connectivity index (χ0) is 28.9. The average Bonchev–Trinajstić information content (AvgIpc) is 3.46. The van der Waals surface area contributed by atoms with Crippen LogP contribution in [0.5, 0.6) is 0 Å². The number of piperazine rings is 1. The van der Waals surface area contributed by atoms with Crippen molar-refractivity contribution in [1.82, 2.24) is 34.5 Å². The Bertz CT molecular complexity index is 1680. The maximum Gasteiger partial charge on any atom is 0.407 e. The summed E-state index contributed by atoms with van der Waals surface area (Å²) in [4.78, 5) is 40.5. The lowest BCUT2D eigenvalue weighted by Gasteiger charge is -2.33. The summed E-state index contributed by atoms with van der Waals surface area (Å²) in [5.41, 5.74) is 5.62. The highest BCUT2D eigenvalue weighted by Gasteiger charge is 2.24. The van der Waals surface area contributed by atoms with Gasteiger partial charge in [-0.3, -0.25) is 14.5 Å². The van der Waals surface area contributed by atoms with Gasteiger partial charge >= 0.3 is 6.09 Å². The third-order valence-electron chi connectivity index (χ3n) is 7.04. The molecule has 2 amide bonds. The number of rotatable bonds is 7. The van der Waals surface area contributed by atoms with Gasteiger partial charge in [-0.15, -0.1) is 0 Å². The lowest BCUT2D eigenvalue weighted by atomic mass is 10.1. The molecule has 0 radical (unpaired) electrons. The van der Waals surface area contributed by atoms with Crippen LogP contribution < -0.4 is 5.32 Å². The fraction of sp³-hybridized carbons (Fsp3) is 0.161. The number of anilines is 2. The van der Waals surface area contributed by atoms with Gasteiger partial charge in [0.25, 0.3) is 5.91 Å². The number of pyridine rings is 1. The van der Waals surface area contributed by atoms with Crippen LogP contribution >= 0.6 is 0 Å². The Morgan fingerprint density at radius 1 is 0.857 bits per heavy atom. The molecule has 5 aromatic rings. The van der Waals surface area contributed by atoms with Crippen molar-refractivity contribution in [2.45, 2.75) is 6.54 Å². The van der Waals surface area contributed by atoms with E-state index in [2.05, 4.69) is 27.4 Å². The summed E-state index contributed by atoms with van der Waals surface area (Å²) in [5, 5.41) is 17.2. The highest BCUT2D eigenvalue weighted by molar-refractivity contribution is 5.94. The Labute approximate surface area is 242 Å². The fourth-order valence-corrected chi connectivity index (χ4v) is 4.85. The van der Waals surface area contributed by atoms with Crippen LogP contribution in [0.15, 0.2) is 97.6 Å². The molecule has 1 saturated heterocycles. The van der Waals surface area contributed by atoms with Crippen molar-refractivity contribution in [3.63, 3.8) is 0 Å². The first-order valence-electron chi connectivity index (χ1n) is 13.5. The molecule has 42 heavy (non-hydrogen) atoms. The van der Waals surface area contributed by atoms with Crippen LogP contribution in [-0.4, -0.2) is 77.8 Å². The normalized spacial score (nSPS) is 13.1. The molecule has 4 heterocycles. The minimum absolute atomic E-state index is 0.125. The Morgan fingerprint density at radius 3 is 2.33 bits per heavy atom. The second-order valence-corrected chi connectivity index (χ2v) is 9.85. The standard InChI is InChI=1S/C31H28N8O3/c40-29(37-15-17-38(18-16-37)31(41)42)23-8-10-25(11-9-23)34-30-33-14-12-27(35-30)26-21-39(20-22-5-2-1-3-6-22)36-28(26)24-7-4-13-32-19-24/h1-14,19,21H,15-18,20H2,(H,41,42)(H,33,34,35). The van der Waals surface area contributed by atoms with E-state index >= 15 is 0 Å². The van der Waals surface area contributed by atoms with Gasteiger partial charge in [0, 0.05) is 73.3 Å². The van der Waals surface area contributed by atoms with Crippen molar-refractivity contribution in [3.05, 3.63) is 109 Å². The van der Waals surface area contributed by atoms with E-state index in [1.807, 2.05) is 47.3 Å². The molecule has 3 aromatic heterocycles. The highest BCUT2D eigenvalue weighted by atomic mass is 16.4. The monoisotopic (exact) mass is 560 g/mol. The molecule has 2 aromatic carbocycles. The van der Waals surface area contributed by atoms with Crippen LogP contribution in [0.4, 0.5) is 16.4 Å². The average molecular weight is 561 g/mol. The van der Waals surface area contributed by atoms with Crippen LogP contribution in [0, 0.1) is 0 Å². The lowest BCUT2D eigenvalue weighted by Crippen LogP contribution is -2.50. The maximum atomic E-state index is 12.9. The Hall–Kier alpha value is -5.58. The number of carbonyl (C=O) groups is 2. The number of nitrogens with zero attached hydrogens (tertiary/aromatic N) is 7. The molecule has 0 atom stereocenters. The third-order valence-corrected chi connectivity index (χ3v) is 7.04. The predicted octanol–water partition coefficient (Wildman–Crippen LogP) is 4.63. The predicted molar refractivity (Wildman–Crippen MR) is 157 cm³/mol. The van der Waals surface area contributed by atoms with Crippen molar-refractivity contribution in [2.75, 3.05) is 31.5 Å². The van der Waals surface area contributed by atoms with Gasteiger partial charge in [-0.1, -0.05) is 30.3 Å². The lowest BCUT2D eigenvalue weighted by molar-refractivity contribution is 0.0625. The van der Waals surface area contributed by atoms with Gasteiger partial charge in [-0.05, 0) is 48.0 Å². The van der Waals surface area contributed by atoms with Gasteiger partial charge < -0.3 is 20.2 Å². The molecular weight excluding hydrogens is 532 g/mol. The molecule has 11 nitrogen and oxygen atoms in total. The van der Waals surface area contributed by atoms with E-state index in [0.29, 0.717) is 49.9 Å². The van der Waals surface area contributed by atoms with E-state index in [9.17, 15) is 9.59 Å². The van der Waals surface area contributed by atoms with E-state index in [0.717, 1.165) is 28.1 Å². The number of nitrogens with one attached hydrogen (secondary N) is 1.